The predicted molar refractivity (Wildman–Crippen MR) is 122 cm³/mol. The first-order valence-corrected chi connectivity index (χ1v) is 12.0. The van der Waals surface area contributed by atoms with Crippen molar-refractivity contribution in [1.29, 1.82) is 0 Å². The molecule has 1 atom stereocenters. The quantitative estimate of drug-likeness (QED) is 0.655. The second-order valence-electron chi connectivity index (χ2n) is 7.13. The molecule has 7 nitrogen and oxygen atoms in total. The van der Waals surface area contributed by atoms with Gasteiger partial charge < -0.3 is 10.2 Å². The van der Waals surface area contributed by atoms with Crippen LogP contribution < -0.4 is 10.9 Å². The van der Waals surface area contributed by atoms with E-state index in [-0.39, 0.29) is 11.5 Å². The van der Waals surface area contributed by atoms with Crippen LogP contribution in [0.5, 0.6) is 0 Å². The number of aryl methyl sites for hydroxylation is 2. The van der Waals surface area contributed by atoms with Gasteiger partial charge in [-0.2, -0.15) is 16.9 Å². The monoisotopic (exact) mass is 446 g/mol. The smallest absolute Gasteiger partial charge is 0.279 e. The first-order chi connectivity index (χ1) is 14.4. The highest BCUT2D eigenvalue weighted by molar-refractivity contribution is 7.99. The number of rotatable bonds is 7. The highest BCUT2D eigenvalue weighted by atomic mass is 32.2. The number of nitrogens with one attached hydrogen (secondary N) is 1. The second kappa shape index (κ2) is 10.2. The van der Waals surface area contributed by atoms with E-state index in [2.05, 4.69) is 22.5 Å². The summed E-state index contributed by atoms with van der Waals surface area (Å²) in [6, 6.07) is 9.61. The van der Waals surface area contributed by atoms with Crippen molar-refractivity contribution in [3.05, 3.63) is 63.1 Å². The Morgan fingerprint density at radius 3 is 2.73 bits per heavy atom. The number of aromatic nitrogens is 2. The third-order valence-corrected chi connectivity index (χ3v) is 7.08. The molecule has 2 amide bonds. The van der Waals surface area contributed by atoms with Crippen molar-refractivity contribution >= 4 is 35.3 Å². The highest BCUT2D eigenvalue weighted by Gasteiger charge is 2.36. The molecule has 0 spiro atoms. The summed E-state index contributed by atoms with van der Waals surface area (Å²) in [4.78, 5) is 39.9. The molecule has 0 saturated carbocycles. The van der Waals surface area contributed by atoms with Crippen molar-refractivity contribution in [2.75, 3.05) is 23.9 Å². The molecule has 2 aromatic rings. The zero-order valence-corrected chi connectivity index (χ0v) is 19.0. The molecule has 0 bridgehead atoms. The van der Waals surface area contributed by atoms with E-state index in [1.54, 1.807) is 25.6 Å². The summed E-state index contributed by atoms with van der Waals surface area (Å²) < 4.78 is 1.18. The van der Waals surface area contributed by atoms with Crippen LogP contribution in [0, 0.1) is 13.8 Å². The summed E-state index contributed by atoms with van der Waals surface area (Å²) in [7, 11) is 1.53. The van der Waals surface area contributed by atoms with Gasteiger partial charge in [-0.05, 0) is 25.0 Å². The molecule has 1 saturated heterocycles. The average Bonchev–Trinajstić information content (AvgIpc) is 3.23. The maximum Gasteiger partial charge on any atom is 0.279 e. The van der Waals surface area contributed by atoms with Crippen LogP contribution in [0.25, 0.3) is 0 Å². The predicted octanol–water partition coefficient (Wildman–Crippen LogP) is 1.96. The minimum absolute atomic E-state index is 0.101. The summed E-state index contributed by atoms with van der Waals surface area (Å²) in [6.07, 6.45) is 0. The fourth-order valence-electron chi connectivity index (χ4n) is 3.23. The fraction of sp³-hybridized carbons (Fsp3) is 0.429. The van der Waals surface area contributed by atoms with Crippen LogP contribution in [-0.4, -0.2) is 56.5 Å². The standard InChI is InChI=1S/C21H26N4O3S2/c1-14-15(2)23-24(3)20(27)18(14)21(28)25-13-30-12-17(25)19(26)22-9-10-29-11-16-7-5-4-6-8-16/h4-8,17H,9-13H2,1-3H3,(H,22,26)/t17-/m0/s1. The van der Waals surface area contributed by atoms with Crippen LogP contribution in [0.2, 0.25) is 0 Å². The van der Waals surface area contributed by atoms with E-state index in [1.165, 1.54) is 34.0 Å². The van der Waals surface area contributed by atoms with E-state index in [9.17, 15) is 14.4 Å². The molecule has 30 heavy (non-hydrogen) atoms. The molecular weight excluding hydrogens is 420 g/mol. The Labute approximate surface area is 184 Å². The Balaban J connectivity index is 1.58. The molecule has 1 aliphatic rings. The summed E-state index contributed by atoms with van der Waals surface area (Å²) >= 11 is 3.27. The molecule has 0 aliphatic carbocycles. The van der Waals surface area contributed by atoms with Crippen molar-refractivity contribution in [2.45, 2.75) is 25.6 Å². The van der Waals surface area contributed by atoms with E-state index in [0.29, 0.717) is 29.4 Å². The van der Waals surface area contributed by atoms with E-state index in [1.807, 2.05) is 18.2 Å². The Morgan fingerprint density at radius 2 is 2.00 bits per heavy atom. The molecule has 1 aromatic carbocycles. The number of carbonyl (C=O) groups is 2. The average molecular weight is 447 g/mol. The number of carbonyl (C=O) groups excluding carboxylic acids is 2. The number of amides is 2. The van der Waals surface area contributed by atoms with Gasteiger partial charge in [0.25, 0.3) is 11.5 Å². The van der Waals surface area contributed by atoms with E-state index >= 15 is 0 Å². The minimum Gasteiger partial charge on any atom is -0.353 e. The van der Waals surface area contributed by atoms with Gasteiger partial charge in [0.2, 0.25) is 5.91 Å². The Bertz CT molecular complexity index is 978. The maximum atomic E-state index is 13.1. The van der Waals surface area contributed by atoms with Crippen LogP contribution in [0.3, 0.4) is 0 Å². The number of nitrogens with zero attached hydrogens (tertiary/aromatic N) is 3. The first-order valence-electron chi connectivity index (χ1n) is 9.72. The molecule has 1 N–H and O–H groups in total. The van der Waals surface area contributed by atoms with Gasteiger partial charge in [0.05, 0.1) is 11.6 Å². The molecule has 160 valence electrons. The fourth-order valence-corrected chi connectivity index (χ4v) is 5.21. The summed E-state index contributed by atoms with van der Waals surface area (Å²) in [5.41, 5.74) is 2.11. The lowest BCUT2D eigenvalue weighted by molar-refractivity contribution is -0.124. The van der Waals surface area contributed by atoms with Crippen molar-refractivity contribution in [3.63, 3.8) is 0 Å². The van der Waals surface area contributed by atoms with Crippen LogP contribution in [0.1, 0.15) is 27.2 Å². The lowest BCUT2D eigenvalue weighted by Gasteiger charge is -2.24. The summed E-state index contributed by atoms with van der Waals surface area (Å²) in [5.74, 6) is 2.03. The Hall–Kier alpha value is -2.26. The number of thioether (sulfide) groups is 2. The molecule has 3 rings (SSSR count). The molecule has 9 heteroatoms. The molecule has 0 radical (unpaired) electrons. The Kier molecular flexibility index (Phi) is 7.60. The van der Waals surface area contributed by atoms with Gasteiger partial charge in [0.15, 0.2) is 0 Å². The van der Waals surface area contributed by atoms with Crippen LogP contribution in [0.15, 0.2) is 35.1 Å². The highest BCUT2D eigenvalue weighted by Crippen LogP contribution is 2.24. The largest absolute Gasteiger partial charge is 0.353 e. The molecule has 1 aliphatic heterocycles. The summed E-state index contributed by atoms with van der Waals surface area (Å²) in [5, 5.41) is 7.06. The third kappa shape index (κ3) is 5.07. The SMILES string of the molecule is Cc1nn(C)c(=O)c(C(=O)N2CSC[C@H]2C(=O)NCCSCc2ccccc2)c1C. The van der Waals surface area contributed by atoms with Crippen molar-refractivity contribution in [2.24, 2.45) is 7.05 Å². The first kappa shape index (κ1) is 22.4. The van der Waals surface area contributed by atoms with Gasteiger partial charge in [-0.3, -0.25) is 14.4 Å². The van der Waals surface area contributed by atoms with Crippen molar-refractivity contribution in [1.82, 2.24) is 20.0 Å². The van der Waals surface area contributed by atoms with Gasteiger partial charge in [0.1, 0.15) is 11.6 Å². The molecular formula is C21H26N4O3S2. The van der Waals surface area contributed by atoms with Gasteiger partial charge in [0, 0.05) is 30.9 Å². The normalized spacial score (nSPS) is 16.0. The van der Waals surface area contributed by atoms with Gasteiger partial charge in [-0.25, -0.2) is 4.68 Å². The minimum atomic E-state index is -0.570. The zero-order valence-electron chi connectivity index (χ0n) is 17.4. The zero-order chi connectivity index (χ0) is 21.7. The van der Waals surface area contributed by atoms with Crippen LogP contribution >= 0.6 is 23.5 Å². The lowest BCUT2D eigenvalue weighted by Crippen LogP contribution is -2.49. The number of hydrogen-bond acceptors (Lipinski definition) is 6. The van der Waals surface area contributed by atoms with Gasteiger partial charge in [-0.15, -0.1) is 11.8 Å². The Morgan fingerprint density at radius 1 is 1.27 bits per heavy atom. The summed E-state index contributed by atoms with van der Waals surface area (Å²) in [6.45, 7) is 4.02. The number of benzene rings is 1. The van der Waals surface area contributed by atoms with E-state index in [0.717, 1.165) is 11.5 Å². The van der Waals surface area contributed by atoms with Crippen molar-refractivity contribution < 1.29 is 9.59 Å². The van der Waals surface area contributed by atoms with Gasteiger partial charge in [-0.1, -0.05) is 30.3 Å². The number of hydrogen-bond donors (Lipinski definition) is 1. The molecule has 1 aromatic heterocycles. The third-order valence-electron chi connectivity index (χ3n) is 5.04. The molecule has 0 unspecified atom stereocenters. The van der Waals surface area contributed by atoms with Gasteiger partial charge >= 0.3 is 0 Å². The topological polar surface area (TPSA) is 84.3 Å². The lowest BCUT2D eigenvalue weighted by atomic mass is 10.1. The molecule has 2 heterocycles. The van der Waals surface area contributed by atoms with E-state index in [4.69, 9.17) is 0 Å². The van der Waals surface area contributed by atoms with Crippen LogP contribution in [0.4, 0.5) is 0 Å². The van der Waals surface area contributed by atoms with E-state index < -0.39 is 17.5 Å². The van der Waals surface area contributed by atoms with Crippen molar-refractivity contribution in [3.8, 4) is 0 Å². The van der Waals surface area contributed by atoms with Crippen LogP contribution in [-0.2, 0) is 17.6 Å². The maximum absolute atomic E-state index is 13.1. The molecule has 1 fully saturated rings. The second-order valence-corrected chi connectivity index (χ2v) is 9.24.